The molecule has 20 heteroatoms. The number of aliphatic carboxylic acids is 1. The van der Waals surface area contributed by atoms with Crippen LogP contribution in [-0.4, -0.2) is 90.9 Å². The zero-order chi connectivity index (χ0) is 44.7. The van der Waals surface area contributed by atoms with E-state index in [1.54, 1.807) is 35.2 Å². The average Bonchev–Trinajstić information content (AvgIpc) is 4.02. The Hall–Kier alpha value is -6.80. The molecule has 4 aromatic heterocycles. The van der Waals surface area contributed by atoms with Crippen LogP contribution in [0.25, 0.3) is 22.9 Å². The van der Waals surface area contributed by atoms with Gasteiger partial charge in [0.15, 0.2) is 0 Å². The van der Waals surface area contributed by atoms with Gasteiger partial charge in [-0.25, -0.2) is 0 Å². The molecule has 2 aromatic carbocycles. The lowest BCUT2D eigenvalue weighted by Crippen LogP contribution is -2.44. The fourth-order valence-corrected chi connectivity index (χ4v) is 6.57. The van der Waals surface area contributed by atoms with E-state index in [9.17, 15) is 41.8 Å². The summed E-state index contributed by atoms with van der Waals surface area (Å²) in [6, 6.07) is 23.1. The Balaban J connectivity index is 0.000000187. The van der Waals surface area contributed by atoms with Crippen molar-refractivity contribution in [1.29, 1.82) is 0 Å². The molecule has 2 unspecified atom stereocenters. The SMILES string of the molecule is C1CCOCC1.O=C(C(Cn1ccc(-c2nnc(C(F)F)o2)cc1=O)c1ccccc1)N1CCOCC1.O=C(O)C(Cn1ccc(-c2nnc(C(F)F)o2)cc1=O)c1ccccc1. The predicted molar refractivity (Wildman–Crippen MR) is 216 cm³/mol. The van der Waals surface area contributed by atoms with Crippen LogP contribution >= 0.6 is 0 Å². The van der Waals surface area contributed by atoms with Gasteiger partial charge in [0.05, 0.1) is 25.0 Å². The van der Waals surface area contributed by atoms with Crippen LogP contribution in [0.15, 0.2) is 116 Å². The molecule has 0 aliphatic carbocycles. The van der Waals surface area contributed by atoms with E-state index >= 15 is 0 Å². The first-order valence-electron chi connectivity index (χ1n) is 19.9. The number of hydrogen-bond acceptors (Lipinski definition) is 12. The molecule has 0 bridgehead atoms. The van der Waals surface area contributed by atoms with E-state index in [1.165, 1.54) is 59.0 Å². The zero-order valence-corrected chi connectivity index (χ0v) is 33.7. The lowest BCUT2D eigenvalue weighted by atomic mass is 9.97. The van der Waals surface area contributed by atoms with E-state index < -0.39 is 53.6 Å². The van der Waals surface area contributed by atoms with Crippen molar-refractivity contribution in [3.63, 3.8) is 0 Å². The van der Waals surface area contributed by atoms with Crippen LogP contribution in [0.3, 0.4) is 0 Å². The monoisotopic (exact) mass is 877 g/mol. The number of hydrogen-bond donors (Lipinski definition) is 1. The molecular weight excluding hydrogens is 835 g/mol. The van der Waals surface area contributed by atoms with Crippen LogP contribution in [-0.2, 0) is 32.2 Å². The highest BCUT2D eigenvalue weighted by molar-refractivity contribution is 5.83. The largest absolute Gasteiger partial charge is 0.481 e. The van der Waals surface area contributed by atoms with E-state index in [0.29, 0.717) is 31.9 Å². The van der Waals surface area contributed by atoms with Gasteiger partial charge in [-0.3, -0.25) is 19.2 Å². The fraction of sp³-hybridized carbons (Fsp3) is 0.349. The van der Waals surface area contributed by atoms with Crippen molar-refractivity contribution in [2.24, 2.45) is 0 Å². The lowest BCUT2D eigenvalue weighted by molar-refractivity contribution is -0.139. The highest BCUT2D eigenvalue weighted by Crippen LogP contribution is 2.25. The zero-order valence-electron chi connectivity index (χ0n) is 33.7. The quantitative estimate of drug-likeness (QED) is 0.133. The number of rotatable bonds is 12. The maximum absolute atomic E-state index is 13.2. The summed E-state index contributed by atoms with van der Waals surface area (Å²) < 4.78 is 73.1. The summed E-state index contributed by atoms with van der Waals surface area (Å²) in [6.45, 7) is 4.01. The number of benzene rings is 2. The summed E-state index contributed by atoms with van der Waals surface area (Å²) >= 11 is 0. The number of pyridine rings is 2. The molecule has 8 rings (SSSR count). The molecule has 0 saturated carbocycles. The normalized spacial score (nSPS) is 14.9. The van der Waals surface area contributed by atoms with Crippen LogP contribution in [0.1, 0.15) is 66.9 Å². The van der Waals surface area contributed by atoms with Crippen LogP contribution in [0, 0.1) is 0 Å². The number of nitrogens with zero attached hydrogens (tertiary/aromatic N) is 7. The van der Waals surface area contributed by atoms with E-state index in [4.69, 9.17) is 18.3 Å². The van der Waals surface area contributed by atoms with Gasteiger partial charge in [0.1, 0.15) is 0 Å². The number of carboxylic acid groups (broad SMARTS) is 1. The van der Waals surface area contributed by atoms with Gasteiger partial charge in [0, 0.05) is 75.0 Å². The summed E-state index contributed by atoms with van der Waals surface area (Å²) in [5.41, 5.74) is 0.850. The van der Waals surface area contributed by atoms with Gasteiger partial charge in [0.2, 0.25) is 17.7 Å². The Bertz CT molecular complexity index is 2490. The van der Waals surface area contributed by atoms with Gasteiger partial charge in [-0.15, -0.1) is 20.4 Å². The number of halogens is 4. The van der Waals surface area contributed by atoms with Gasteiger partial charge in [0.25, 0.3) is 22.9 Å². The van der Waals surface area contributed by atoms with Crippen LogP contribution in [0.4, 0.5) is 17.6 Å². The number of aromatic nitrogens is 6. The molecule has 6 aromatic rings. The third-order valence-corrected chi connectivity index (χ3v) is 9.90. The standard InChI is InChI=1S/C21H20F2N4O4.C17H13F2N3O4.C5H10O/c22-18(23)20-25-24-19(31-20)15-6-7-27(17(28)12-15)13-16(14-4-2-1-3-5-14)21(29)26-8-10-30-11-9-26;18-14(19)16-21-20-15(26-16)11-6-7-22(13(23)8-11)9-12(17(24)25)10-4-2-1-3-5-10;1-2-4-6-5-3-1/h1-7,12,16,18H,8-11,13H2;1-8,12,14H,9H2,(H,24,25);1-5H2. The Kier molecular flexibility index (Phi) is 16.2. The van der Waals surface area contributed by atoms with Crippen molar-refractivity contribution in [3.8, 4) is 22.9 Å². The molecule has 2 aliphatic rings. The molecule has 2 saturated heterocycles. The average molecular weight is 878 g/mol. The van der Waals surface area contributed by atoms with E-state index in [1.807, 2.05) is 30.3 Å². The third-order valence-electron chi connectivity index (χ3n) is 9.90. The molecule has 63 heavy (non-hydrogen) atoms. The summed E-state index contributed by atoms with van der Waals surface area (Å²) in [4.78, 5) is 51.5. The predicted octanol–water partition coefficient (Wildman–Crippen LogP) is 6.37. The molecule has 332 valence electrons. The van der Waals surface area contributed by atoms with Crippen molar-refractivity contribution in [2.75, 3.05) is 39.5 Å². The molecule has 16 nitrogen and oxygen atoms in total. The van der Waals surface area contributed by atoms with Crippen molar-refractivity contribution in [1.82, 2.24) is 34.4 Å². The first-order valence-corrected chi connectivity index (χ1v) is 19.9. The third kappa shape index (κ3) is 12.6. The van der Waals surface area contributed by atoms with Gasteiger partial charge >= 0.3 is 18.8 Å². The van der Waals surface area contributed by atoms with Gasteiger partial charge in [-0.1, -0.05) is 60.7 Å². The minimum atomic E-state index is -2.90. The van der Waals surface area contributed by atoms with Gasteiger partial charge < -0.3 is 37.4 Å². The number of amides is 1. The number of carboxylic acids is 1. The van der Waals surface area contributed by atoms with Crippen molar-refractivity contribution >= 4 is 11.9 Å². The summed E-state index contributed by atoms with van der Waals surface area (Å²) in [7, 11) is 0. The molecule has 2 fully saturated rings. The topological polar surface area (TPSA) is 198 Å². The minimum absolute atomic E-state index is 0.0788. The number of alkyl halides is 4. The van der Waals surface area contributed by atoms with Crippen molar-refractivity contribution in [3.05, 3.63) is 141 Å². The van der Waals surface area contributed by atoms with Gasteiger partial charge in [-0.2, -0.15) is 17.6 Å². The Morgan fingerprint density at radius 1 is 0.603 bits per heavy atom. The molecule has 1 N–H and O–H groups in total. The summed E-state index contributed by atoms with van der Waals surface area (Å²) in [5.74, 6) is -4.62. The first kappa shape index (κ1) is 45.7. The van der Waals surface area contributed by atoms with Crippen LogP contribution < -0.4 is 11.1 Å². The lowest BCUT2D eigenvalue weighted by Gasteiger charge is -2.31. The van der Waals surface area contributed by atoms with Crippen LogP contribution in [0.2, 0.25) is 0 Å². The van der Waals surface area contributed by atoms with Crippen molar-refractivity contribution in [2.45, 2.75) is 57.0 Å². The minimum Gasteiger partial charge on any atom is -0.481 e. The van der Waals surface area contributed by atoms with E-state index in [2.05, 4.69) is 20.4 Å². The number of carbonyl (C=O) groups is 2. The molecule has 6 heterocycles. The molecule has 0 radical (unpaired) electrons. The highest BCUT2D eigenvalue weighted by atomic mass is 19.3. The summed E-state index contributed by atoms with van der Waals surface area (Å²) in [6.07, 6.45) is 0.994. The Morgan fingerprint density at radius 2 is 1.05 bits per heavy atom. The Morgan fingerprint density at radius 3 is 1.43 bits per heavy atom. The molecule has 2 atom stereocenters. The number of ether oxygens (including phenoxy) is 2. The van der Waals surface area contributed by atoms with Crippen LogP contribution in [0.5, 0.6) is 0 Å². The fourth-order valence-electron chi connectivity index (χ4n) is 6.57. The molecular formula is C43H43F4N7O9. The highest BCUT2D eigenvalue weighted by Gasteiger charge is 2.28. The smallest absolute Gasteiger partial charge is 0.314 e. The van der Waals surface area contributed by atoms with Gasteiger partial charge in [-0.05, 0) is 42.5 Å². The number of morpholine rings is 1. The maximum atomic E-state index is 13.2. The molecule has 0 spiro atoms. The molecule has 2 aliphatic heterocycles. The summed E-state index contributed by atoms with van der Waals surface area (Å²) in [5, 5.41) is 23.0. The van der Waals surface area contributed by atoms with E-state index in [-0.39, 0.29) is 41.9 Å². The van der Waals surface area contributed by atoms with E-state index in [0.717, 1.165) is 24.8 Å². The second kappa shape index (κ2) is 22.3. The van der Waals surface area contributed by atoms with Crippen molar-refractivity contribution < 1.29 is 50.6 Å². The number of carbonyl (C=O) groups excluding carboxylic acids is 1. The second-order valence-corrected chi connectivity index (χ2v) is 14.2. The molecule has 1 amide bonds. The maximum Gasteiger partial charge on any atom is 0.314 e. The second-order valence-electron chi connectivity index (χ2n) is 14.2. The Labute approximate surface area is 356 Å². The first-order chi connectivity index (χ1) is 30.5.